The molecule has 0 unspecified atom stereocenters. The summed E-state index contributed by atoms with van der Waals surface area (Å²) in [5.41, 5.74) is 1.43. The van der Waals surface area contributed by atoms with Crippen molar-refractivity contribution in [3.8, 4) is 0 Å². The van der Waals surface area contributed by atoms with Gasteiger partial charge in [0.15, 0.2) is 0 Å². The highest BCUT2D eigenvalue weighted by molar-refractivity contribution is 5.13. The van der Waals surface area contributed by atoms with Gasteiger partial charge in [0.1, 0.15) is 0 Å². The Morgan fingerprint density at radius 2 is 2.08 bits per heavy atom. The predicted octanol–water partition coefficient (Wildman–Crippen LogP) is 3.16. The van der Waals surface area contributed by atoms with E-state index in [4.69, 9.17) is 0 Å². The molecule has 0 amide bonds. The van der Waals surface area contributed by atoms with Crippen LogP contribution >= 0.6 is 0 Å². The van der Waals surface area contributed by atoms with E-state index in [0.717, 1.165) is 0 Å². The maximum absolute atomic E-state index is 4.37. The molecular weight excluding hydrogens is 146 g/mol. The summed E-state index contributed by atoms with van der Waals surface area (Å²) in [4.78, 5) is 4.37. The summed E-state index contributed by atoms with van der Waals surface area (Å²) < 4.78 is 0. The zero-order chi connectivity index (χ0) is 9.03. The third-order valence-electron chi connectivity index (χ3n) is 2.23. The first kappa shape index (κ1) is 9.24. The van der Waals surface area contributed by atoms with Crippen molar-refractivity contribution < 1.29 is 0 Å². The third-order valence-corrected chi connectivity index (χ3v) is 2.23. The first-order chi connectivity index (χ1) is 5.67. The number of hydrogen-bond acceptors (Lipinski definition) is 1. The molecule has 1 aromatic rings. The largest absolute Gasteiger partial charge is 0.261 e. The molecule has 0 aliphatic rings. The first-order valence-corrected chi connectivity index (χ1v) is 4.58. The van der Waals surface area contributed by atoms with E-state index in [0.29, 0.717) is 0 Å². The minimum absolute atomic E-state index is 0.232. The Hall–Kier alpha value is -0.850. The topological polar surface area (TPSA) is 12.9 Å². The summed E-state index contributed by atoms with van der Waals surface area (Å²) in [5.74, 6) is 0. The van der Waals surface area contributed by atoms with Crippen LogP contribution in [0.15, 0.2) is 24.4 Å². The second-order valence-electron chi connectivity index (χ2n) is 3.85. The molecule has 0 aliphatic heterocycles. The maximum Gasteiger partial charge on any atom is 0.0459 e. The third kappa shape index (κ3) is 2.07. The van der Waals surface area contributed by atoms with Crippen molar-refractivity contribution in [3.63, 3.8) is 0 Å². The van der Waals surface area contributed by atoms with Gasteiger partial charge in [0.05, 0.1) is 0 Å². The lowest BCUT2D eigenvalue weighted by molar-refractivity contribution is 0.459. The fourth-order valence-corrected chi connectivity index (χ4v) is 1.52. The van der Waals surface area contributed by atoms with Gasteiger partial charge in [0, 0.05) is 17.3 Å². The fourth-order valence-electron chi connectivity index (χ4n) is 1.52. The van der Waals surface area contributed by atoms with Crippen molar-refractivity contribution >= 4 is 0 Å². The zero-order valence-electron chi connectivity index (χ0n) is 8.17. The van der Waals surface area contributed by atoms with Crippen LogP contribution in [0.4, 0.5) is 0 Å². The molecule has 0 aliphatic carbocycles. The molecule has 66 valence electrons. The quantitative estimate of drug-likeness (QED) is 0.667. The molecule has 0 fully saturated rings. The van der Waals surface area contributed by atoms with Crippen molar-refractivity contribution in [2.75, 3.05) is 0 Å². The molecule has 0 saturated heterocycles. The second kappa shape index (κ2) is 3.70. The van der Waals surface area contributed by atoms with Gasteiger partial charge in [0.2, 0.25) is 0 Å². The normalized spacial score (nSPS) is 11.6. The van der Waals surface area contributed by atoms with Gasteiger partial charge < -0.3 is 0 Å². The van der Waals surface area contributed by atoms with E-state index in [9.17, 15) is 0 Å². The van der Waals surface area contributed by atoms with E-state index in [1.807, 2.05) is 12.3 Å². The Morgan fingerprint density at radius 3 is 2.58 bits per heavy atom. The van der Waals surface area contributed by atoms with Gasteiger partial charge in [-0.1, -0.05) is 33.3 Å². The van der Waals surface area contributed by atoms with E-state index in [1.54, 1.807) is 0 Å². The Bertz CT molecular complexity index is 226. The Balaban J connectivity index is 2.82. The van der Waals surface area contributed by atoms with Gasteiger partial charge in [-0.25, -0.2) is 0 Å². The van der Waals surface area contributed by atoms with Crippen molar-refractivity contribution in [1.82, 2.24) is 4.98 Å². The molecule has 0 N–H and O–H groups in total. The Kier molecular flexibility index (Phi) is 2.85. The van der Waals surface area contributed by atoms with Gasteiger partial charge in [-0.2, -0.15) is 0 Å². The number of aromatic nitrogens is 1. The van der Waals surface area contributed by atoms with Crippen LogP contribution in [-0.2, 0) is 5.41 Å². The van der Waals surface area contributed by atoms with Gasteiger partial charge in [-0.3, -0.25) is 4.98 Å². The van der Waals surface area contributed by atoms with Gasteiger partial charge in [-0.05, 0) is 18.6 Å². The molecule has 1 heterocycles. The highest BCUT2D eigenvalue weighted by Gasteiger charge is 2.19. The zero-order valence-corrected chi connectivity index (χ0v) is 8.17. The summed E-state index contributed by atoms with van der Waals surface area (Å²) >= 11 is 0. The number of hydrogen-bond donors (Lipinski definition) is 0. The van der Waals surface area contributed by atoms with Crippen LogP contribution in [-0.4, -0.2) is 4.98 Å². The minimum atomic E-state index is 0.232. The predicted molar refractivity (Wildman–Crippen MR) is 52.2 cm³/mol. The minimum Gasteiger partial charge on any atom is -0.261 e. The fraction of sp³-hybridized carbons (Fsp3) is 0.545. The number of nitrogens with zero attached hydrogens (tertiary/aromatic N) is 1. The lowest BCUT2D eigenvalue weighted by Crippen LogP contribution is -2.17. The molecule has 1 nitrogen and oxygen atoms in total. The molecule has 0 aromatic carbocycles. The summed E-state index contributed by atoms with van der Waals surface area (Å²) in [6.45, 7) is 6.71. The molecule has 0 atom stereocenters. The highest BCUT2D eigenvalue weighted by atomic mass is 14.7. The molecular formula is C11H17N. The van der Waals surface area contributed by atoms with Crippen LogP contribution in [0.1, 0.15) is 39.3 Å². The van der Waals surface area contributed by atoms with Crippen LogP contribution < -0.4 is 0 Å². The van der Waals surface area contributed by atoms with E-state index in [1.165, 1.54) is 18.5 Å². The Morgan fingerprint density at radius 1 is 1.33 bits per heavy atom. The summed E-state index contributed by atoms with van der Waals surface area (Å²) in [7, 11) is 0. The van der Waals surface area contributed by atoms with E-state index in [-0.39, 0.29) is 5.41 Å². The molecule has 1 heteroatoms. The van der Waals surface area contributed by atoms with Crippen molar-refractivity contribution in [2.45, 2.75) is 39.0 Å². The van der Waals surface area contributed by atoms with Crippen molar-refractivity contribution in [3.05, 3.63) is 30.1 Å². The van der Waals surface area contributed by atoms with E-state index >= 15 is 0 Å². The average Bonchev–Trinajstić information content (AvgIpc) is 2.06. The molecule has 0 saturated carbocycles. The van der Waals surface area contributed by atoms with Crippen molar-refractivity contribution in [2.24, 2.45) is 0 Å². The molecule has 12 heavy (non-hydrogen) atoms. The second-order valence-corrected chi connectivity index (χ2v) is 3.85. The lowest BCUT2D eigenvalue weighted by Gasteiger charge is -2.22. The smallest absolute Gasteiger partial charge is 0.0459 e. The molecule has 1 rings (SSSR count). The van der Waals surface area contributed by atoms with Gasteiger partial charge >= 0.3 is 0 Å². The van der Waals surface area contributed by atoms with E-state index in [2.05, 4.69) is 37.9 Å². The van der Waals surface area contributed by atoms with Crippen LogP contribution in [0.3, 0.4) is 0 Å². The number of rotatable bonds is 3. The average molecular weight is 163 g/mol. The molecule has 0 bridgehead atoms. The standard InChI is InChI=1S/C11H17N/c1-4-8-11(2,3)10-7-5-6-9-12-10/h5-7,9H,4,8H2,1-3H3. The first-order valence-electron chi connectivity index (χ1n) is 4.58. The SMILES string of the molecule is CCCC(C)(C)c1ccccn1. The van der Waals surface area contributed by atoms with Crippen molar-refractivity contribution in [1.29, 1.82) is 0 Å². The maximum atomic E-state index is 4.37. The van der Waals surface area contributed by atoms with E-state index < -0.39 is 0 Å². The van der Waals surface area contributed by atoms with Crippen LogP contribution in [0.5, 0.6) is 0 Å². The van der Waals surface area contributed by atoms with Gasteiger partial charge in [0.25, 0.3) is 0 Å². The molecule has 0 spiro atoms. The highest BCUT2D eigenvalue weighted by Crippen LogP contribution is 2.25. The summed E-state index contributed by atoms with van der Waals surface area (Å²) in [5, 5.41) is 0. The lowest BCUT2D eigenvalue weighted by atomic mass is 9.84. The monoisotopic (exact) mass is 163 g/mol. The van der Waals surface area contributed by atoms with Crippen LogP contribution in [0, 0.1) is 0 Å². The van der Waals surface area contributed by atoms with Crippen LogP contribution in [0.25, 0.3) is 0 Å². The van der Waals surface area contributed by atoms with Crippen LogP contribution in [0.2, 0.25) is 0 Å². The Labute approximate surface area is 74.8 Å². The number of pyridine rings is 1. The van der Waals surface area contributed by atoms with Gasteiger partial charge in [-0.15, -0.1) is 0 Å². The summed E-state index contributed by atoms with van der Waals surface area (Å²) in [6.07, 6.45) is 4.28. The molecule has 1 aromatic heterocycles. The summed E-state index contributed by atoms with van der Waals surface area (Å²) in [6, 6.07) is 6.13. The molecule has 0 radical (unpaired) electrons.